The molecule has 0 fully saturated rings. The smallest absolute Gasteiger partial charge is 0.272 e. The van der Waals surface area contributed by atoms with Gasteiger partial charge in [0.25, 0.3) is 11.8 Å². The zero-order valence-electron chi connectivity index (χ0n) is 24.7. The maximum atomic E-state index is 13.5. The lowest BCUT2D eigenvalue weighted by atomic mass is 10.1. The zero-order chi connectivity index (χ0) is 32.3. The van der Waals surface area contributed by atoms with Crippen LogP contribution in [-0.4, -0.2) is 35.1 Å². The number of carbonyl (C=O) groups excluding carboxylic acids is 3. The summed E-state index contributed by atoms with van der Waals surface area (Å²) in [6.45, 7) is 2.32. The number of ether oxygens (including phenoxy) is 1. The van der Waals surface area contributed by atoms with Gasteiger partial charge in [0, 0.05) is 37.1 Å². The molecule has 5 rings (SSSR count). The van der Waals surface area contributed by atoms with E-state index in [0.717, 1.165) is 20.6 Å². The molecule has 0 saturated carbocycles. The summed E-state index contributed by atoms with van der Waals surface area (Å²) >= 11 is 6.12. The number of rotatable bonds is 12. The van der Waals surface area contributed by atoms with E-state index >= 15 is 0 Å². The predicted molar refractivity (Wildman–Crippen MR) is 189 cm³/mol. The summed E-state index contributed by atoms with van der Waals surface area (Å²) in [4.78, 5) is 44.6. The molecule has 0 atom stereocenters. The second kappa shape index (κ2) is 16.0. The zero-order valence-corrected chi connectivity index (χ0v) is 27.9. The van der Waals surface area contributed by atoms with Crippen molar-refractivity contribution in [1.82, 2.24) is 10.3 Å². The van der Waals surface area contributed by atoms with Crippen molar-refractivity contribution >= 4 is 73.6 Å². The summed E-state index contributed by atoms with van der Waals surface area (Å²) < 4.78 is 6.70. The van der Waals surface area contributed by atoms with Crippen LogP contribution in [0.1, 0.15) is 22.8 Å². The first-order valence-corrected chi connectivity index (χ1v) is 16.9. The summed E-state index contributed by atoms with van der Waals surface area (Å²) in [7, 11) is 0. The van der Waals surface area contributed by atoms with Crippen molar-refractivity contribution in [3.63, 3.8) is 0 Å². The molecule has 0 bridgehead atoms. The number of hydrogen-bond acceptors (Lipinski definition) is 7. The minimum absolute atomic E-state index is 0.0457. The number of para-hydroxylation sites is 1. The van der Waals surface area contributed by atoms with Crippen molar-refractivity contribution in [3.8, 4) is 17.0 Å². The maximum absolute atomic E-state index is 13.5. The minimum atomic E-state index is -0.513. The van der Waals surface area contributed by atoms with E-state index in [1.54, 1.807) is 54.6 Å². The third-order valence-electron chi connectivity index (χ3n) is 6.40. The molecule has 1 heterocycles. The molecule has 232 valence electrons. The highest BCUT2D eigenvalue weighted by molar-refractivity contribution is 9.10. The first kappa shape index (κ1) is 32.7. The van der Waals surface area contributed by atoms with Gasteiger partial charge in [0.05, 0.1) is 18.1 Å². The Kier molecular flexibility index (Phi) is 11.4. The molecule has 0 spiro atoms. The largest absolute Gasteiger partial charge is 0.493 e. The summed E-state index contributed by atoms with van der Waals surface area (Å²) in [6, 6.07) is 30.9. The Morgan fingerprint density at radius 2 is 1.67 bits per heavy atom. The molecule has 3 N–H and O–H groups in total. The fourth-order valence-corrected chi connectivity index (χ4v) is 5.99. The topological polar surface area (TPSA) is 109 Å². The lowest BCUT2D eigenvalue weighted by Crippen LogP contribution is -2.30. The van der Waals surface area contributed by atoms with E-state index in [4.69, 9.17) is 4.74 Å². The lowest BCUT2D eigenvalue weighted by molar-refractivity contribution is -0.114. The van der Waals surface area contributed by atoms with E-state index in [0.29, 0.717) is 34.3 Å². The Hall–Kier alpha value is -4.71. The van der Waals surface area contributed by atoms with Crippen LogP contribution in [0.25, 0.3) is 17.3 Å². The van der Waals surface area contributed by atoms with Gasteiger partial charge in [-0.1, -0.05) is 70.5 Å². The van der Waals surface area contributed by atoms with E-state index in [1.807, 2.05) is 66.9 Å². The van der Waals surface area contributed by atoms with Crippen molar-refractivity contribution in [2.75, 3.05) is 23.0 Å². The highest BCUT2D eigenvalue weighted by Crippen LogP contribution is 2.27. The van der Waals surface area contributed by atoms with Crippen LogP contribution < -0.4 is 20.7 Å². The molecule has 5 aromatic rings. The number of thioether (sulfide) groups is 1. The van der Waals surface area contributed by atoms with Crippen LogP contribution in [0, 0.1) is 0 Å². The number of amides is 3. The van der Waals surface area contributed by atoms with Gasteiger partial charge in [0.1, 0.15) is 11.4 Å². The molecule has 0 aliphatic heterocycles. The number of nitrogens with one attached hydrogen (secondary N) is 3. The second-order valence-electron chi connectivity index (χ2n) is 9.71. The fourth-order valence-electron chi connectivity index (χ4n) is 4.24. The van der Waals surface area contributed by atoms with Crippen LogP contribution in [0.5, 0.6) is 5.75 Å². The average Bonchev–Trinajstić information content (AvgIpc) is 3.53. The van der Waals surface area contributed by atoms with Gasteiger partial charge in [0.2, 0.25) is 5.91 Å². The molecule has 0 unspecified atom stereocenters. The minimum Gasteiger partial charge on any atom is -0.493 e. The van der Waals surface area contributed by atoms with Crippen molar-refractivity contribution in [2.45, 2.75) is 11.8 Å². The molecule has 0 radical (unpaired) electrons. The standard InChI is InChI=1S/C35H29BrN4O4S2/c1-2-44-31-14-7-6-11-25(31)19-29(38-33(42)24-9-4-3-5-10-24)34(43)37-27-12-8-13-28(20-27)45-22-32(41)40-35-39-30(21-46-35)23-15-17-26(36)18-16-23/h3-21H,2,22H2,1H3,(H,37,43)(H,38,42)(H,39,40,41)/b29-19+. The van der Waals surface area contributed by atoms with Crippen molar-refractivity contribution in [1.29, 1.82) is 0 Å². The van der Waals surface area contributed by atoms with Gasteiger partial charge in [-0.05, 0) is 61.5 Å². The van der Waals surface area contributed by atoms with Crippen LogP contribution in [0.4, 0.5) is 10.8 Å². The monoisotopic (exact) mass is 712 g/mol. The van der Waals surface area contributed by atoms with E-state index < -0.39 is 11.8 Å². The highest BCUT2D eigenvalue weighted by atomic mass is 79.9. The number of carbonyl (C=O) groups is 3. The molecule has 1 aromatic heterocycles. The molecular weight excluding hydrogens is 684 g/mol. The molecular formula is C35H29BrN4O4S2. The second-order valence-corrected chi connectivity index (χ2v) is 12.5. The first-order valence-electron chi connectivity index (χ1n) is 14.2. The molecule has 0 aliphatic rings. The van der Waals surface area contributed by atoms with Gasteiger partial charge in [-0.15, -0.1) is 23.1 Å². The van der Waals surface area contributed by atoms with Crippen molar-refractivity contribution in [3.05, 3.63) is 130 Å². The number of aromatic nitrogens is 1. The van der Waals surface area contributed by atoms with Gasteiger partial charge in [-0.2, -0.15) is 0 Å². The van der Waals surface area contributed by atoms with E-state index in [-0.39, 0.29) is 17.4 Å². The van der Waals surface area contributed by atoms with Crippen LogP contribution in [0.3, 0.4) is 0 Å². The summed E-state index contributed by atoms with van der Waals surface area (Å²) in [5.41, 5.74) is 3.36. The van der Waals surface area contributed by atoms with Gasteiger partial charge >= 0.3 is 0 Å². The summed E-state index contributed by atoms with van der Waals surface area (Å²) in [5.74, 6) is -0.394. The predicted octanol–water partition coefficient (Wildman–Crippen LogP) is 8.11. The fraction of sp³-hybridized carbons (Fsp3) is 0.0857. The number of halogens is 1. The van der Waals surface area contributed by atoms with Crippen LogP contribution in [0.2, 0.25) is 0 Å². The van der Waals surface area contributed by atoms with Crippen LogP contribution in [-0.2, 0) is 9.59 Å². The number of nitrogens with zero attached hydrogens (tertiary/aromatic N) is 1. The van der Waals surface area contributed by atoms with Crippen molar-refractivity contribution in [2.24, 2.45) is 0 Å². The van der Waals surface area contributed by atoms with Crippen molar-refractivity contribution < 1.29 is 19.1 Å². The van der Waals surface area contributed by atoms with E-state index in [2.05, 4.69) is 36.9 Å². The van der Waals surface area contributed by atoms with E-state index in [9.17, 15) is 14.4 Å². The molecule has 11 heteroatoms. The van der Waals surface area contributed by atoms with Crippen LogP contribution >= 0.6 is 39.0 Å². The number of anilines is 2. The number of thiazole rings is 1. The van der Waals surface area contributed by atoms with Gasteiger partial charge < -0.3 is 20.7 Å². The van der Waals surface area contributed by atoms with Gasteiger partial charge in [-0.25, -0.2) is 4.98 Å². The third kappa shape index (κ3) is 9.16. The average molecular weight is 714 g/mol. The highest BCUT2D eigenvalue weighted by Gasteiger charge is 2.17. The Labute approximate surface area is 283 Å². The van der Waals surface area contributed by atoms with Crippen LogP contribution in [0.15, 0.2) is 124 Å². The Balaban J connectivity index is 1.25. The summed E-state index contributed by atoms with van der Waals surface area (Å²) in [5, 5.41) is 10.9. The molecule has 8 nitrogen and oxygen atoms in total. The van der Waals surface area contributed by atoms with Gasteiger partial charge in [0.15, 0.2) is 5.13 Å². The molecule has 4 aromatic carbocycles. The summed E-state index contributed by atoms with van der Waals surface area (Å²) in [6.07, 6.45) is 1.59. The SMILES string of the molecule is CCOc1ccccc1/C=C(/NC(=O)c1ccccc1)C(=O)Nc1cccc(SCC(=O)Nc2nc(-c3ccc(Br)cc3)cs2)c1. The van der Waals surface area contributed by atoms with Gasteiger partial charge in [-0.3, -0.25) is 14.4 Å². The Morgan fingerprint density at radius 1 is 0.913 bits per heavy atom. The molecule has 0 aliphatic carbocycles. The Morgan fingerprint density at radius 3 is 2.46 bits per heavy atom. The maximum Gasteiger partial charge on any atom is 0.272 e. The van der Waals surface area contributed by atoms with E-state index in [1.165, 1.54) is 23.1 Å². The third-order valence-corrected chi connectivity index (χ3v) is 8.68. The Bertz CT molecular complexity index is 1860. The molecule has 46 heavy (non-hydrogen) atoms. The number of hydrogen-bond donors (Lipinski definition) is 3. The molecule has 0 saturated heterocycles. The molecule has 3 amide bonds. The first-order chi connectivity index (χ1) is 22.4. The number of benzene rings is 4. The quantitative estimate of drug-likeness (QED) is 0.0891. The normalized spacial score (nSPS) is 11.0. The lowest BCUT2D eigenvalue weighted by Gasteiger charge is -2.13.